The van der Waals surface area contributed by atoms with Crippen LogP contribution in [0.15, 0.2) is 12.3 Å². The van der Waals surface area contributed by atoms with Crippen LogP contribution in [0.25, 0.3) is 0 Å². The van der Waals surface area contributed by atoms with Crippen LogP contribution in [-0.2, 0) is 0 Å². The number of likely N-dealkylation sites (N-methyl/N-ethyl adjacent to an activating group) is 2. The van der Waals surface area contributed by atoms with Gasteiger partial charge in [0.2, 0.25) is 0 Å². The number of hydrogen-bond donors (Lipinski definition) is 2. The van der Waals surface area contributed by atoms with E-state index in [1.165, 1.54) is 12.8 Å². The van der Waals surface area contributed by atoms with Crippen LogP contribution in [0, 0.1) is 5.41 Å². The normalized spacial score (nSPS) is 20.0. The summed E-state index contributed by atoms with van der Waals surface area (Å²) in [5.41, 5.74) is 6.21. The van der Waals surface area contributed by atoms with Crippen LogP contribution in [-0.4, -0.2) is 54.2 Å². The van der Waals surface area contributed by atoms with E-state index in [9.17, 15) is 0 Å². The molecule has 0 aliphatic carbocycles. The Morgan fingerprint density at radius 3 is 3.06 bits per heavy atom. The number of nitrogens with two attached hydrogens (primary N) is 1. The van der Waals surface area contributed by atoms with E-state index in [-0.39, 0.29) is 5.84 Å². The highest BCUT2D eigenvalue weighted by Gasteiger charge is 2.23. The topological polar surface area (TPSA) is 82.1 Å². The van der Waals surface area contributed by atoms with Gasteiger partial charge in [0, 0.05) is 19.6 Å². The second-order valence-electron chi connectivity index (χ2n) is 4.84. The van der Waals surface area contributed by atoms with E-state index in [0.717, 1.165) is 13.1 Å². The molecule has 1 saturated heterocycles. The molecule has 2 rings (SSSR count). The van der Waals surface area contributed by atoms with E-state index >= 15 is 0 Å². The Morgan fingerprint density at radius 1 is 1.67 bits per heavy atom. The zero-order valence-electron chi connectivity index (χ0n) is 10.9. The van der Waals surface area contributed by atoms with Gasteiger partial charge in [-0.1, -0.05) is 0 Å². The number of nitrogens with one attached hydrogen (secondary N) is 1. The van der Waals surface area contributed by atoms with Gasteiger partial charge in [0.25, 0.3) is 0 Å². The molecular formula is C12H20N6. The molecule has 1 unspecified atom stereocenters. The molecule has 0 amide bonds. The summed E-state index contributed by atoms with van der Waals surface area (Å²) in [7, 11) is 4.12. The number of likely N-dealkylation sites (tertiary alicyclic amines) is 1. The molecule has 1 aliphatic rings. The van der Waals surface area contributed by atoms with E-state index in [2.05, 4.69) is 22.1 Å². The van der Waals surface area contributed by atoms with Crippen molar-refractivity contribution >= 4 is 11.7 Å². The Bertz CT molecular complexity index is 432. The lowest BCUT2D eigenvalue weighted by Crippen LogP contribution is -2.37. The summed E-state index contributed by atoms with van der Waals surface area (Å²) < 4.78 is 0. The molecule has 0 aromatic carbocycles. The van der Waals surface area contributed by atoms with Crippen molar-refractivity contribution in [2.75, 3.05) is 32.1 Å². The Balaban J connectivity index is 2.13. The van der Waals surface area contributed by atoms with Gasteiger partial charge in [0.1, 0.15) is 5.84 Å². The summed E-state index contributed by atoms with van der Waals surface area (Å²) in [5.74, 6) is 0.719. The summed E-state index contributed by atoms with van der Waals surface area (Å²) in [4.78, 5) is 4.40. The minimum Gasteiger partial charge on any atom is -0.384 e. The third-order valence-electron chi connectivity index (χ3n) is 3.51. The molecule has 2 heterocycles. The van der Waals surface area contributed by atoms with Crippen molar-refractivity contribution in [3.8, 4) is 0 Å². The fraction of sp³-hybridized carbons (Fsp3) is 0.583. The maximum atomic E-state index is 7.57. The van der Waals surface area contributed by atoms with Gasteiger partial charge in [-0.2, -0.15) is 5.10 Å². The lowest BCUT2D eigenvalue weighted by molar-refractivity contribution is 0.314. The monoisotopic (exact) mass is 248 g/mol. The molecule has 6 nitrogen and oxygen atoms in total. The molecule has 18 heavy (non-hydrogen) atoms. The smallest absolute Gasteiger partial charge is 0.162 e. The van der Waals surface area contributed by atoms with Gasteiger partial charge in [-0.15, -0.1) is 5.10 Å². The number of anilines is 1. The minimum absolute atomic E-state index is 0.0338. The second-order valence-corrected chi connectivity index (χ2v) is 4.84. The molecule has 1 aliphatic heterocycles. The van der Waals surface area contributed by atoms with Crippen molar-refractivity contribution in [2.45, 2.75) is 18.9 Å². The highest BCUT2D eigenvalue weighted by Crippen LogP contribution is 2.19. The standard InChI is InChI=1S/C12H20N6/c1-17-7-3-4-9(17)8-18(2)12-10(11(13)14)5-6-15-16-12/h5-6,9H,3-4,7-8H2,1-2H3,(H3,13,14). The van der Waals surface area contributed by atoms with E-state index in [4.69, 9.17) is 11.1 Å². The predicted octanol–water partition coefficient (Wildman–Crippen LogP) is 0.291. The van der Waals surface area contributed by atoms with Crippen molar-refractivity contribution in [3.05, 3.63) is 17.8 Å². The number of rotatable bonds is 4. The molecule has 0 radical (unpaired) electrons. The van der Waals surface area contributed by atoms with E-state index < -0.39 is 0 Å². The van der Waals surface area contributed by atoms with E-state index in [1.54, 1.807) is 12.3 Å². The molecule has 98 valence electrons. The van der Waals surface area contributed by atoms with Crippen LogP contribution >= 0.6 is 0 Å². The van der Waals surface area contributed by atoms with Crippen LogP contribution in [0.5, 0.6) is 0 Å². The first-order chi connectivity index (χ1) is 8.59. The summed E-state index contributed by atoms with van der Waals surface area (Å²) in [6, 6.07) is 2.27. The lowest BCUT2D eigenvalue weighted by atomic mass is 10.2. The summed E-state index contributed by atoms with van der Waals surface area (Å²) in [6.45, 7) is 2.04. The number of aromatic nitrogens is 2. The summed E-state index contributed by atoms with van der Waals surface area (Å²) in [6.07, 6.45) is 4.02. The SMILES string of the molecule is CN(CC1CCCN1C)c1nnccc1C(=N)N. The molecular weight excluding hydrogens is 228 g/mol. The summed E-state index contributed by atoms with van der Waals surface area (Å²) in [5, 5.41) is 15.6. The van der Waals surface area contributed by atoms with Crippen molar-refractivity contribution in [1.82, 2.24) is 15.1 Å². The molecule has 0 spiro atoms. The fourth-order valence-corrected chi connectivity index (χ4v) is 2.43. The van der Waals surface area contributed by atoms with E-state index in [0.29, 0.717) is 17.4 Å². The third kappa shape index (κ3) is 2.59. The predicted molar refractivity (Wildman–Crippen MR) is 72.0 cm³/mol. The zero-order valence-corrected chi connectivity index (χ0v) is 10.9. The molecule has 1 atom stereocenters. The molecule has 1 aromatic rings. The zero-order chi connectivity index (χ0) is 13.1. The average Bonchev–Trinajstić information content (AvgIpc) is 2.75. The van der Waals surface area contributed by atoms with Gasteiger partial charge in [0.15, 0.2) is 5.82 Å². The number of nitrogen functional groups attached to an aromatic ring is 1. The first-order valence-electron chi connectivity index (χ1n) is 6.17. The quantitative estimate of drug-likeness (QED) is 0.591. The molecule has 3 N–H and O–H groups in total. The average molecular weight is 248 g/mol. The lowest BCUT2D eigenvalue weighted by Gasteiger charge is -2.27. The largest absolute Gasteiger partial charge is 0.384 e. The Labute approximate surface area is 107 Å². The first kappa shape index (κ1) is 12.8. The Morgan fingerprint density at radius 2 is 2.44 bits per heavy atom. The van der Waals surface area contributed by atoms with Crippen molar-refractivity contribution in [1.29, 1.82) is 5.41 Å². The van der Waals surface area contributed by atoms with E-state index in [1.807, 2.05) is 11.9 Å². The minimum atomic E-state index is 0.0338. The van der Waals surface area contributed by atoms with Gasteiger partial charge in [-0.3, -0.25) is 5.41 Å². The van der Waals surface area contributed by atoms with Gasteiger partial charge in [-0.25, -0.2) is 0 Å². The molecule has 0 saturated carbocycles. The van der Waals surface area contributed by atoms with Crippen LogP contribution in [0.4, 0.5) is 5.82 Å². The van der Waals surface area contributed by atoms with Crippen LogP contribution < -0.4 is 10.6 Å². The highest BCUT2D eigenvalue weighted by molar-refractivity contribution is 5.99. The maximum Gasteiger partial charge on any atom is 0.162 e. The summed E-state index contributed by atoms with van der Waals surface area (Å²) >= 11 is 0. The van der Waals surface area contributed by atoms with Crippen LogP contribution in [0.2, 0.25) is 0 Å². The van der Waals surface area contributed by atoms with Crippen molar-refractivity contribution in [2.24, 2.45) is 5.73 Å². The highest BCUT2D eigenvalue weighted by atomic mass is 15.3. The molecule has 0 bridgehead atoms. The maximum absolute atomic E-state index is 7.57. The van der Waals surface area contributed by atoms with Crippen LogP contribution in [0.1, 0.15) is 18.4 Å². The molecule has 6 heteroatoms. The second kappa shape index (κ2) is 5.30. The van der Waals surface area contributed by atoms with Crippen molar-refractivity contribution in [3.63, 3.8) is 0 Å². The third-order valence-corrected chi connectivity index (χ3v) is 3.51. The van der Waals surface area contributed by atoms with Gasteiger partial charge in [-0.05, 0) is 32.5 Å². The number of amidine groups is 1. The van der Waals surface area contributed by atoms with Crippen molar-refractivity contribution < 1.29 is 0 Å². The van der Waals surface area contributed by atoms with Gasteiger partial charge >= 0.3 is 0 Å². The number of hydrogen-bond acceptors (Lipinski definition) is 5. The first-order valence-corrected chi connectivity index (χ1v) is 6.17. The molecule has 1 aromatic heterocycles. The van der Waals surface area contributed by atoms with Gasteiger partial charge in [0.05, 0.1) is 11.8 Å². The fourth-order valence-electron chi connectivity index (χ4n) is 2.43. The number of nitrogens with zero attached hydrogens (tertiary/aromatic N) is 4. The Hall–Kier alpha value is -1.69. The van der Waals surface area contributed by atoms with Gasteiger partial charge < -0.3 is 15.5 Å². The molecule has 1 fully saturated rings. The Kier molecular flexibility index (Phi) is 3.76. The van der Waals surface area contributed by atoms with Crippen LogP contribution in [0.3, 0.4) is 0 Å².